The molecule has 0 spiro atoms. The van der Waals surface area contributed by atoms with Gasteiger partial charge in [-0.25, -0.2) is 0 Å². The van der Waals surface area contributed by atoms with E-state index in [1.54, 1.807) is 38.1 Å². The molecular weight excluding hydrogens is 761 g/mol. The van der Waals surface area contributed by atoms with Crippen LogP contribution in [0.4, 0.5) is 0 Å². The standard InChI is InChI=1S/C42H60O12S2/c1-10-42(27-53-34(48)39(6,22-43)23-44,28-54-35(49)40(7,24-45)25-46)26-52-32(47)31(29-17-13-11-14-18-29)37(2,3)21-41(8,36(50)51-9)38(4,5)56-33(55)30-19-15-12-16-20-30/h11-20,31,43-46H,10,21-28H2,1-9H3. The second-order valence-electron chi connectivity index (χ2n) is 16.5. The maximum Gasteiger partial charge on any atom is 0.316 e. The van der Waals surface area contributed by atoms with Crippen LogP contribution in [0.15, 0.2) is 60.7 Å². The number of ether oxygens (including phenoxy) is 4. The summed E-state index contributed by atoms with van der Waals surface area (Å²) in [7, 11) is 1.32. The van der Waals surface area contributed by atoms with Crippen LogP contribution in [0.3, 0.4) is 0 Å². The van der Waals surface area contributed by atoms with Crippen molar-refractivity contribution < 1.29 is 58.6 Å². The molecule has 312 valence electrons. The zero-order valence-corrected chi connectivity index (χ0v) is 35.7. The van der Waals surface area contributed by atoms with E-state index in [2.05, 4.69) is 0 Å². The number of aliphatic hydroxyl groups is 4. The van der Waals surface area contributed by atoms with Crippen molar-refractivity contribution in [2.75, 3.05) is 53.4 Å². The lowest BCUT2D eigenvalue weighted by Crippen LogP contribution is -2.50. The van der Waals surface area contributed by atoms with Gasteiger partial charge in [-0.3, -0.25) is 19.2 Å². The summed E-state index contributed by atoms with van der Waals surface area (Å²) in [6, 6.07) is 18.4. The fourth-order valence-electron chi connectivity index (χ4n) is 6.18. The van der Waals surface area contributed by atoms with Crippen molar-refractivity contribution >= 4 is 52.1 Å². The Morgan fingerprint density at radius 2 is 1.11 bits per heavy atom. The summed E-state index contributed by atoms with van der Waals surface area (Å²) in [5.41, 5.74) is -5.33. The van der Waals surface area contributed by atoms with Crippen LogP contribution < -0.4 is 0 Å². The Morgan fingerprint density at radius 3 is 1.52 bits per heavy atom. The van der Waals surface area contributed by atoms with E-state index in [1.807, 2.05) is 64.1 Å². The van der Waals surface area contributed by atoms with Crippen LogP contribution in [0, 0.1) is 27.1 Å². The normalized spacial score (nSPS) is 14.2. The second-order valence-corrected chi connectivity index (χ2v) is 18.8. The molecule has 56 heavy (non-hydrogen) atoms. The molecule has 0 aliphatic heterocycles. The van der Waals surface area contributed by atoms with E-state index in [0.29, 0.717) is 9.76 Å². The Hall–Kier alpha value is -3.40. The lowest BCUT2D eigenvalue weighted by Gasteiger charge is -2.47. The Balaban J connectivity index is 2.57. The average Bonchev–Trinajstić information content (AvgIpc) is 3.19. The first-order chi connectivity index (χ1) is 26.1. The molecule has 2 aromatic carbocycles. The molecule has 0 heterocycles. The van der Waals surface area contributed by atoms with Gasteiger partial charge in [0.25, 0.3) is 0 Å². The van der Waals surface area contributed by atoms with Crippen LogP contribution in [-0.4, -0.2) is 107 Å². The zero-order chi connectivity index (χ0) is 42.6. The predicted molar refractivity (Wildman–Crippen MR) is 218 cm³/mol. The summed E-state index contributed by atoms with van der Waals surface area (Å²) in [6.07, 6.45) is 0.298. The van der Waals surface area contributed by atoms with Crippen molar-refractivity contribution in [3.05, 3.63) is 71.8 Å². The molecule has 0 saturated heterocycles. The van der Waals surface area contributed by atoms with Crippen LogP contribution >= 0.6 is 24.0 Å². The molecule has 2 aromatic rings. The first kappa shape index (κ1) is 48.7. The largest absolute Gasteiger partial charge is 0.469 e. The quantitative estimate of drug-likeness (QED) is 0.0685. The van der Waals surface area contributed by atoms with Gasteiger partial charge in [0, 0.05) is 4.75 Å². The highest BCUT2D eigenvalue weighted by Crippen LogP contribution is 2.54. The highest BCUT2D eigenvalue weighted by molar-refractivity contribution is 8.24. The number of hydrogen-bond donors (Lipinski definition) is 4. The molecule has 4 N–H and O–H groups in total. The van der Waals surface area contributed by atoms with E-state index in [1.165, 1.54) is 32.7 Å². The Morgan fingerprint density at radius 1 is 0.679 bits per heavy atom. The topological polar surface area (TPSA) is 186 Å². The average molecular weight is 821 g/mol. The number of hydrogen-bond acceptors (Lipinski definition) is 14. The molecule has 2 rings (SSSR count). The molecule has 0 aliphatic carbocycles. The monoisotopic (exact) mass is 820 g/mol. The smallest absolute Gasteiger partial charge is 0.316 e. The van der Waals surface area contributed by atoms with Crippen LogP contribution in [0.5, 0.6) is 0 Å². The number of thiocarbonyl (C=S) groups is 1. The fourth-order valence-corrected chi connectivity index (χ4v) is 8.04. The maximum absolute atomic E-state index is 14.6. The number of rotatable bonds is 22. The van der Waals surface area contributed by atoms with Crippen LogP contribution in [-0.2, 0) is 38.1 Å². The minimum atomic E-state index is -1.63. The van der Waals surface area contributed by atoms with Gasteiger partial charge in [0.1, 0.15) is 30.7 Å². The number of benzene rings is 2. The predicted octanol–water partition coefficient (Wildman–Crippen LogP) is 5.26. The van der Waals surface area contributed by atoms with Gasteiger partial charge >= 0.3 is 23.9 Å². The molecule has 0 bridgehead atoms. The van der Waals surface area contributed by atoms with E-state index in [4.69, 9.17) is 31.2 Å². The molecule has 0 aliphatic rings. The summed E-state index contributed by atoms with van der Waals surface area (Å²) in [4.78, 5) is 54.4. The van der Waals surface area contributed by atoms with Crippen molar-refractivity contribution in [3.63, 3.8) is 0 Å². The lowest BCUT2D eigenvalue weighted by molar-refractivity contribution is -0.176. The number of esters is 4. The van der Waals surface area contributed by atoms with Crippen molar-refractivity contribution in [1.29, 1.82) is 0 Å². The van der Waals surface area contributed by atoms with E-state index < -0.39 is 108 Å². The molecule has 2 unspecified atom stereocenters. The van der Waals surface area contributed by atoms with Crippen molar-refractivity contribution in [2.45, 2.75) is 78.9 Å². The molecule has 0 fully saturated rings. The highest BCUT2D eigenvalue weighted by Gasteiger charge is 2.54. The van der Waals surface area contributed by atoms with Gasteiger partial charge in [-0.2, -0.15) is 0 Å². The first-order valence-corrected chi connectivity index (χ1v) is 19.7. The second kappa shape index (κ2) is 20.3. The molecule has 12 nitrogen and oxygen atoms in total. The maximum atomic E-state index is 14.6. The third-order valence-electron chi connectivity index (χ3n) is 11.0. The van der Waals surface area contributed by atoms with Gasteiger partial charge in [0.05, 0.1) is 54.5 Å². The van der Waals surface area contributed by atoms with Crippen molar-refractivity contribution in [3.8, 4) is 0 Å². The van der Waals surface area contributed by atoms with Gasteiger partial charge in [-0.1, -0.05) is 93.7 Å². The van der Waals surface area contributed by atoms with E-state index in [9.17, 15) is 39.6 Å². The third kappa shape index (κ3) is 11.6. The van der Waals surface area contributed by atoms with Gasteiger partial charge in [-0.05, 0) is 64.0 Å². The van der Waals surface area contributed by atoms with E-state index in [-0.39, 0.29) is 12.8 Å². The Bertz CT molecular complexity index is 1590. The SMILES string of the molecule is CCC(COC(=O)C(c1ccccc1)C(C)(C)CC(C)(C(=O)OC)C(C)(C)SC(=S)c1ccccc1)(COC(=O)C(C)(CO)CO)COC(=O)C(C)(CO)CO. The number of thioether (sulfide) groups is 1. The minimum absolute atomic E-state index is 0.148. The molecule has 0 aromatic heterocycles. The third-order valence-corrected chi connectivity index (χ3v) is 12.8. The van der Waals surface area contributed by atoms with Gasteiger partial charge in [-0.15, -0.1) is 11.8 Å². The minimum Gasteiger partial charge on any atom is -0.469 e. The molecule has 0 amide bonds. The first-order valence-electron chi connectivity index (χ1n) is 18.5. The van der Waals surface area contributed by atoms with Crippen molar-refractivity contribution in [2.24, 2.45) is 27.1 Å². The van der Waals surface area contributed by atoms with Crippen LogP contribution in [0.2, 0.25) is 0 Å². The van der Waals surface area contributed by atoms with Gasteiger partial charge < -0.3 is 39.4 Å². The van der Waals surface area contributed by atoms with Gasteiger partial charge in [0.15, 0.2) is 0 Å². The number of methoxy groups -OCH3 is 1. The van der Waals surface area contributed by atoms with E-state index in [0.717, 1.165) is 5.56 Å². The Kier molecular flexibility index (Phi) is 17.7. The van der Waals surface area contributed by atoms with Crippen LogP contribution in [0.25, 0.3) is 0 Å². The fraction of sp³-hybridized carbons (Fsp3) is 0.595. The number of carbonyl (C=O) groups is 4. The summed E-state index contributed by atoms with van der Waals surface area (Å²) >= 11 is 7.19. The lowest BCUT2D eigenvalue weighted by atomic mass is 9.62. The summed E-state index contributed by atoms with van der Waals surface area (Å²) < 4.78 is 22.4. The Labute approximate surface area is 340 Å². The molecule has 14 heteroatoms. The van der Waals surface area contributed by atoms with Gasteiger partial charge in [0.2, 0.25) is 0 Å². The highest BCUT2D eigenvalue weighted by atomic mass is 32.2. The van der Waals surface area contributed by atoms with Crippen molar-refractivity contribution in [1.82, 2.24) is 0 Å². The number of aliphatic hydroxyl groups excluding tert-OH is 4. The summed E-state index contributed by atoms with van der Waals surface area (Å²) in [6.45, 7) is 9.62. The molecule has 0 saturated carbocycles. The molecule has 0 radical (unpaired) electrons. The zero-order valence-electron chi connectivity index (χ0n) is 34.1. The number of carbonyl (C=O) groups excluding carboxylic acids is 4. The molecular formula is C42H60O12S2. The van der Waals surface area contributed by atoms with E-state index >= 15 is 0 Å². The summed E-state index contributed by atoms with van der Waals surface area (Å²) in [5.74, 6) is -3.95. The molecule has 2 atom stereocenters. The van der Waals surface area contributed by atoms with Crippen LogP contribution in [0.1, 0.15) is 85.3 Å². The summed E-state index contributed by atoms with van der Waals surface area (Å²) in [5, 5.41) is 39.1.